The fourth-order valence-electron chi connectivity index (χ4n) is 5.34. The maximum absolute atomic E-state index is 2.46. The van der Waals surface area contributed by atoms with Gasteiger partial charge in [-0.3, -0.25) is 0 Å². The number of fused-ring (bicyclic) bond motifs is 4. The maximum Gasteiger partial charge on any atom is 0.0486 e. The molecule has 0 aliphatic heterocycles. The van der Waals surface area contributed by atoms with Crippen LogP contribution in [0.4, 0.5) is 0 Å². The number of rotatable bonds is 5. The van der Waals surface area contributed by atoms with Gasteiger partial charge in [-0.15, -0.1) is 0 Å². The van der Waals surface area contributed by atoms with E-state index in [4.69, 9.17) is 0 Å². The predicted octanol–water partition coefficient (Wildman–Crippen LogP) is 9.27. The van der Waals surface area contributed by atoms with Crippen LogP contribution in [0.5, 0.6) is 0 Å². The zero-order chi connectivity index (χ0) is 22.4. The first-order chi connectivity index (χ1) is 16.2. The van der Waals surface area contributed by atoms with Gasteiger partial charge < -0.3 is 4.57 Å². The lowest BCUT2D eigenvalue weighted by Gasteiger charge is -2.12. The lowest BCUT2D eigenvalue weighted by Crippen LogP contribution is -1.95. The highest BCUT2D eigenvalue weighted by Crippen LogP contribution is 2.38. The van der Waals surface area contributed by atoms with Gasteiger partial charge >= 0.3 is 0 Å². The average Bonchev–Trinajstić information content (AvgIpc) is 3.21. The number of hydrogen-bond donors (Lipinski definition) is 0. The Morgan fingerprint density at radius 1 is 0.606 bits per heavy atom. The molecule has 0 bridgehead atoms. The topological polar surface area (TPSA) is 4.93 Å². The van der Waals surface area contributed by atoms with Crippen LogP contribution in [0.3, 0.4) is 0 Å². The lowest BCUT2D eigenvalue weighted by molar-refractivity contribution is 0.617. The van der Waals surface area contributed by atoms with Gasteiger partial charge in [-0.05, 0) is 87.1 Å². The van der Waals surface area contributed by atoms with Crippen molar-refractivity contribution in [3.05, 3.63) is 96.7 Å². The summed E-state index contributed by atoms with van der Waals surface area (Å²) in [6, 6.07) is 31.6. The zero-order valence-electron chi connectivity index (χ0n) is 19.4. The second-order valence-electron chi connectivity index (χ2n) is 9.33. The van der Waals surface area contributed by atoms with Crippen molar-refractivity contribution in [2.45, 2.75) is 39.7 Å². The zero-order valence-corrected chi connectivity index (χ0v) is 19.4. The van der Waals surface area contributed by atoms with Crippen molar-refractivity contribution in [3.63, 3.8) is 0 Å². The molecule has 0 N–H and O–H groups in total. The smallest absolute Gasteiger partial charge is 0.0486 e. The van der Waals surface area contributed by atoms with Crippen LogP contribution in [-0.4, -0.2) is 4.57 Å². The fraction of sp³-hybridized carbons (Fsp3) is 0.188. The van der Waals surface area contributed by atoms with Crippen LogP contribution >= 0.6 is 0 Å². The van der Waals surface area contributed by atoms with Crippen LogP contribution in [-0.2, 0) is 6.54 Å². The molecule has 0 aliphatic carbocycles. The van der Waals surface area contributed by atoms with E-state index in [0.717, 1.165) is 6.54 Å². The van der Waals surface area contributed by atoms with Crippen molar-refractivity contribution < 1.29 is 0 Å². The van der Waals surface area contributed by atoms with Crippen LogP contribution in [0.2, 0.25) is 0 Å². The average molecular weight is 428 g/mol. The van der Waals surface area contributed by atoms with Gasteiger partial charge in [-0.25, -0.2) is 0 Å². The second-order valence-corrected chi connectivity index (χ2v) is 9.33. The summed E-state index contributed by atoms with van der Waals surface area (Å²) in [5.41, 5.74) is 5.34. The summed E-state index contributed by atoms with van der Waals surface area (Å²) in [7, 11) is 0. The molecule has 1 aromatic heterocycles. The predicted molar refractivity (Wildman–Crippen MR) is 144 cm³/mol. The van der Waals surface area contributed by atoms with E-state index in [-0.39, 0.29) is 0 Å². The molecule has 33 heavy (non-hydrogen) atoms. The lowest BCUT2D eigenvalue weighted by atomic mass is 9.92. The van der Waals surface area contributed by atoms with Gasteiger partial charge in [0.1, 0.15) is 0 Å². The molecule has 6 rings (SSSR count). The van der Waals surface area contributed by atoms with E-state index in [2.05, 4.69) is 110 Å². The van der Waals surface area contributed by atoms with E-state index in [0.29, 0.717) is 0 Å². The Balaban J connectivity index is 1.61. The third kappa shape index (κ3) is 3.40. The molecular weight excluding hydrogens is 398 g/mol. The summed E-state index contributed by atoms with van der Waals surface area (Å²) in [5, 5.41) is 9.24. The summed E-state index contributed by atoms with van der Waals surface area (Å²) < 4.78 is 2.46. The van der Waals surface area contributed by atoms with Crippen molar-refractivity contribution in [2.24, 2.45) is 0 Å². The Hall–Kier alpha value is -3.58. The monoisotopic (exact) mass is 427 g/mol. The van der Waals surface area contributed by atoms with Crippen LogP contribution in [0.1, 0.15) is 31.7 Å². The van der Waals surface area contributed by atoms with Gasteiger partial charge in [0, 0.05) is 29.2 Å². The van der Waals surface area contributed by atoms with Gasteiger partial charge in [0.2, 0.25) is 0 Å². The molecule has 0 saturated carbocycles. The molecule has 0 amide bonds. The van der Waals surface area contributed by atoms with Crippen molar-refractivity contribution >= 4 is 43.2 Å². The molecule has 6 aromatic rings. The largest absolute Gasteiger partial charge is 0.347 e. The third-order valence-electron chi connectivity index (χ3n) is 7.14. The Kier molecular flexibility index (Phi) is 4.91. The molecular formula is C32H29N. The highest BCUT2D eigenvalue weighted by atomic mass is 15.0. The van der Waals surface area contributed by atoms with E-state index in [9.17, 15) is 0 Å². The van der Waals surface area contributed by atoms with Gasteiger partial charge in [0.05, 0.1) is 0 Å². The van der Waals surface area contributed by atoms with Gasteiger partial charge in [0.15, 0.2) is 0 Å². The van der Waals surface area contributed by atoms with Crippen LogP contribution in [0.25, 0.3) is 54.3 Å². The highest BCUT2D eigenvalue weighted by Gasteiger charge is 2.14. The Labute approximate surface area is 195 Å². The molecule has 5 aromatic carbocycles. The van der Waals surface area contributed by atoms with Crippen LogP contribution in [0, 0.1) is 6.92 Å². The molecule has 162 valence electrons. The molecule has 0 atom stereocenters. The van der Waals surface area contributed by atoms with Crippen LogP contribution in [0.15, 0.2) is 91.1 Å². The number of aromatic nitrogens is 1. The Bertz CT molecular complexity index is 1630. The van der Waals surface area contributed by atoms with E-state index in [1.165, 1.54) is 79.2 Å². The number of aryl methyl sites for hydroxylation is 2. The van der Waals surface area contributed by atoms with Crippen molar-refractivity contribution in [1.82, 2.24) is 4.57 Å². The number of benzene rings is 5. The summed E-state index contributed by atoms with van der Waals surface area (Å²) in [6.07, 6.45) is 6.13. The fourth-order valence-corrected chi connectivity index (χ4v) is 5.34. The molecule has 1 heteroatoms. The van der Waals surface area contributed by atoms with Crippen LogP contribution < -0.4 is 0 Å². The second kappa shape index (κ2) is 8.08. The van der Waals surface area contributed by atoms with Gasteiger partial charge in [-0.2, -0.15) is 0 Å². The third-order valence-corrected chi connectivity index (χ3v) is 7.14. The van der Waals surface area contributed by atoms with E-state index < -0.39 is 0 Å². The molecule has 0 unspecified atom stereocenters. The molecule has 0 spiro atoms. The Morgan fingerprint density at radius 3 is 2.06 bits per heavy atom. The van der Waals surface area contributed by atoms with Crippen molar-refractivity contribution in [2.75, 3.05) is 0 Å². The number of hydrogen-bond acceptors (Lipinski definition) is 0. The first-order valence-electron chi connectivity index (χ1n) is 12.2. The number of para-hydroxylation sites is 1. The molecule has 1 heterocycles. The molecule has 0 radical (unpaired) electrons. The summed E-state index contributed by atoms with van der Waals surface area (Å²) in [4.78, 5) is 0. The minimum absolute atomic E-state index is 1.08. The number of unbranched alkanes of at least 4 members (excludes halogenated alkanes) is 2. The van der Waals surface area contributed by atoms with E-state index in [1.54, 1.807) is 0 Å². The summed E-state index contributed by atoms with van der Waals surface area (Å²) >= 11 is 0. The van der Waals surface area contributed by atoms with E-state index >= 15 is 0 Å². The summed E-state index contributed by atoms with van der Waals surface area (Å²) in [6.45, 7) is 5.57. The first-order valence-corrected chi connectivity index (χ1v) is 12.2. The SMILES string of the molecule is CCCCCn1cc(-c2ccc(C)c3cc4cc5ccccc5cc4cc23)c2ccccc21. The van der Waals surface area contributed by atoms with Gasteiger partial charge in [-0.1, -0.05) is 74.4 Å². The normalized spacial score (nSPS) is 11.8. The summed E-state index contributed by atoms with van der Waals surface area (Å²) in [5.74, 6) is 0. The van der Waals surface area contributed by atoms with Gasteiger partial charge in [0.25, 0.3) is 0 Å². The quantitative estimate of drug-likeness (QED) is 0.191. The standard InChI is InChI=1S/C32H29N/c1-3-4-9-16-33-21-31(28-12-7-8-13-32(28)33)27-15-14-22(2)29-19-25-17-23-10-5-6-11-24(23)18-26(25)20-30(27)29/h5-8,10-15,17-21H,3-4,9,16H2,1-2H3. The first kappa shape index (κ1) is 20.1. The Morgan fingerprint density at radius 2 is 1.30 bits per heavy atom. The van der Waals surface area contributed by atoms with Crippen molar-refractivity contribution in [3.8, 4) is 11.1 Å². The molecule has 1 nitrogen and oxygen atoms in total. The van der Waals surface area contributed by atoms with E-state index in [1.807, 2.05) is 0 Å². The number of nitrogens with zero attached hydrogens (tertiary/aromatic N) is 1. The minimum Gasteiger partial charge on any atom is -0.347 e. The maximum atomic E-state index is 2.46. The molecule has 0 fully saturated rings. The molecule has 0 saturated heterocycles. The molecule has 0 aliphatic rings. The minimum atomic E-state index is 1.08. The highest BCUT2D eigenvalue weighted by molar-refractivity contribution is 6.12. The van der Waals surface area contributed by atoms with Crippen molar-refractivity contribution in [1.29, 1.82) is 0 Å².